The number of fused-ring (bicyclic) bond motifs is 1. The molecule has 0 radical (unpaired) electrons. The Morgan fingerprint density at radius 2 is 1.88 bits per heavy atom. The molecule has 0 bridgehead atoms. The maximum absolute atomic E-state index is 9.49. The molecule has 0 amide bonds. The highest BCUT2D eigenvalue weighted by Gasteiger charge is 2.24. The van der Waals surface area contributed by atoms with E-state index >= 15 is 0 Å². The number of nitrogens with zero attached hydrogens (tertiary/aromatic N) is 1. The van der Waals surface area contributed by atoms with Crippen LogP contribution < -0.4 is 0 Å². The van der Waals surface area contributed by atoms with Crippen LogP contribution >= 0.6 is 0 Å². The van der Waals surface area contributed by atoms with Crippen molar-refractivity contribution in [3.05, 3.63) is 29.3 Å². The van der Waals surface area contributed by atoms with Crippen LogP contribution in [0.15, 0.2) is 18.2 Å². The fourth-order valence-electron chi connectivity index (χ4n) is 3.32. The van der Waals surface area contributed by atoms with Crippen LogP contribution in [-0.2, 0) is 13.0 Å². The van der Waals surface area contributed by atoms with Gasteiger partial charge in [0.05, 0.1) is 0 Å². The Bertz CT molecular complexity index is 396. The van der Waals surface area contributed by atoms with Crippen LogP contribution in [-0.4, -0.2) is 22.6 Å². The molecule has 0 atom stereocenters. The molecule has 1 fully saturated rings. The quantitative estimate of drug-likeness (QED) is 0.803. The molecule has 1 aliphatic heterocycles. The van der Waals surface area contributed by atoms with E-state index in [9.17, 15) is 5.11 Å². The smallest absolute Gasteiger partial charge is 0.115 e. The first-order chi connectivity index (χ1) is 8.33. The molecule has 0 saturated heterocycles. The summed E-state index contributed by atoms with van der Waals surface area (Å²) in [5.74, 6) is 0.412. The van der Waals surface area contributed by atoms with Crippen LogP contribution in [0.2, 0.25) is 0 Å². The van der Waals surface area contributed by atoms with E-state index in [0.29, 0.717) is 5.75 Å². The molecule has 1 aromatic rings. The van der Waals surface area contributed by atoms with Crippen LogP contribution in [0.3, 0.4) is 0 Å². The van der Waals surface area contributed by atoms with Gasteiger partial charge in [0.2, 0.25) is 0 Å². The molecule has 0 spiro atoms. The van der Waals surface area contributed by atoms with Crippen LogP contribution in [0.1, 0.15) is 43.2 Å². The van der Waals surface area contributed by atoms with Crippen molar-refractivity contribution in [2.45, 2.75) is 51.1 Å². The van der Waals surface area contributed by atoms with Crippen molar-refractivity contribution in [2.24, 2.45) is 0 Å². The van der Waals surface area contributed by atoms with Gasteiger partial charge in [0.1, 0.15) is 5.75 Å². The summed E-state index contributed by atoms with van der Waals surface area (Å²) in [6, 6.07) is 6.67. The zero-order valence-corrected chi connectivity index (χ0v) is 10.4. The van der Waals surface area contributed by atoms with Crippen molar-refractivity contribution < 1.29 is 5.11 Å². The topological polar surface area (TPSA) is 23.5 Å². The first kappa shape index (κ1) is 11.1. The summed E-state index contributed by atoms with van der Waals surface area (Å²) >= 11 is 0. The number of rotatable bonds is 1. The van der Waals surface area contributed by atoms with E-state index < -0.39 is 0 Å². The molecule has 3 rings (SSSR count). The Kier molecular flexibility index (Phi) is 3.06. The summed E-state index contributed by atoms with van der Waals surface area (Å²) in [6.45, 7) is 2.25. The molecule has 17 heavy (non-hydrogen) atoms. The van der Waals surface area contributed by atoms with Crippen LogP contribution in [0.5, 0.6) is 5.75 Å². The fourth-order valence-corrected chi connectivity index (χ4v) is 3.32. The Labute approximate surface area is 103 Å². The third kappa shape index (κ3) is 2.32. The lowest BCUT2D eigenvalue weighted by Crippen LogP contribution is -2.40. The summed E-state index contributed by atoms with van der Waals surface area (Å²) in [7, 11) is 0. The Balaban J connectivity index is 1.73. The Hall–Kier alpha value is -1.02. The average molecular weight is 231 g/mol. The van der Waals surface area contributed by atoms with Gasteiger partial charge in [0.15, 0.2) is 0 Å². The summed E-state index contributed by atoms with van der Waals surface area (Å²) in [6.07, 6.45) is 8.10. The van der Waals surface area contributed by atoms with Crippen LogP contribution in [0, 0.1) is 0 Å². The summed E-state index contributed by atoms with van der Waals surface area (Å²) < 4.78 is 0. The number of phenols is 1. The highest BCUT2D eigenvalue weighted by atomic mass is 16.3. The summed E-state index contributed by atoms with van der Waals surface area (Å²) in [5.41, 5.74) is 2.76. The van der Waals surface area contributed by atoms with Gasteiger partial charge in [-0.25, -0.2) is 0 Å². The summed E-state index contributed by atoms with van der Waals surface area (Å²) in [5, 5.41) is 9.49. The number of benzene rings is 1. The second-order valence-corrected chi connectivity index (χ2v) is 5.47. The van der Waals surface area contributed by atoms with Gasteiger partial charge < -0.3 is 5.11 Å². The van der Waals surface area contributed by atoms with Crippen LogP contribution in [0.4, 0.5) is 0 Å². The molecule has 1 N–H and O–H groups in total. The fraction of sp³-hybridized carbons (Fsp3) is 0.600. The summed E-state index contributed by atoms with van der Waals surface area (Å²) in [4.78, 5) is 2.65. The lowest BCUT2D eigenvalue weighted by atomic mass is 9.91. The monoisotopic (exact) mass is 231 g/mol. The number of hydrogen-bond acceptors (Lipinski definition) is 2. The Morgan fingerprint density at radius 3 is 2.71 bits per heavy atom. The van der Waals surface area contributed by atoms with Crippen molar-refractivity contribution in [1.82, 2.24) is 4.90 Å². The van der Waals surface area contributed by atoms with Crippen molar-refractivity contribution in [3.63, 3.8) is 0 Å². The van der Waals surface area contributed by atoms with E-state index in [1.807, 2.05) is 12.1 Å². The Morgan fingerprint density at radius 1 is 1.06 bits per heavy atom. The number of hydrogen-bond donors (Lipinski definition) is 1. The minimum atomic E-state index is 0.412. The largest absolute Gasteiger partial charge is 0.508 e. The van der Waals surface area contributed by atoms with E-state index in [-0.39, 0.29) is 0 Å². The zero-order valence-electron chi connectivity index (χ0n) is 10.4. The maximum Gasteiger partial charge on any atom is 0.115 e. The van der Waals surface area contributed by atoms with Crippen molar-refractivity contribution in [1.29, 1.82) is 0 Å². The average Bonchev–Trinajstić information content (AvgIpc) is 2.39. The molecule has 92 valence electrons. The minimum Gasteiger partial charge on any atom is -0.508 e. The SMILES string of the molecule is Oc1ccc2c(c1)CCN(C1CCCCC1)C2. The first-order valence-corrected chi connectivity index (χ1v) is 6.88. The molecular weight excluding hydrogens is 210 g/mol. The zero-order chi connectivity index (χ0) is 11.7. The molecule has 2 heteroatoms. The molecule has 1 aromatic carbocycles. The standard InChI is InChI=1S/C15H21NO/c17-15-7-6-13-11-16(9-8-12(13)10-15)14-4-2-1-3-5-14/h6-7,10,14,17H,1-5,8-9,11H2. The van der Waals surface area contributed by atoms with Gasteiger partial charge in [-0.05, 0) is 42.5 Å². The predicted octanol–water partition coefficient (Wildman–Crippen LogP) is 3.08. The number of phenolic OH excluding ortho intramolecular Hbond substituents is 1. The molecule has 2 nitrogen and oxygen atoms in total. The second kappa shape index (κ2) is 4.69. The molecule has 0 aromatic heterocycles. The van der Waals surface area contributed by atoms with Gasteiger partial charge in [-0.2, -0.15) is 0 Å². The van der Waals surface area contributed by atoms with Gasteiger partial charge in [-0.15, -0.1) is 0 Å². The lowest BCUT2D eigenvalue weighted by Gasteiger charge is -2.37. The van der Waals surface area contributed by atoms with Crippen LogP contribution in [0.25, 0.3) is 0 Å². The molecule has 1 aliphatic carbocycles. The van der Waals surface area contributed by atoms with Gasteiger partial charge in [-0.1, -0.05) is 25.3 Å². The van der Waals surface area contributed by atoms with E-state index in [0.717, 1.165) is 19.0 Å². The van der Waals surface area contributed by atoms with E-state index in [4.69, 9.17) is 0 Å². The van der Waals surface area contributed by atoms with E-state index in [2.05, 4.69) is 11.0 Å². The molecule has 2 aliphatic rings. The molecular formula is C15H21NO. The van der Waals surface area contributed by atoms with Gasteiger partial charge in [0.25, 0.3) is 0 Å². The predicted molar refractivity (Wildman–Crippen MR) is 69.1 cm³/mol. The van der Waals surface area contributed by atoms with E-state index in [1.165, 1.54) is 49.8 Å². The number of aromatic hydroxyl groups is 1. The highest BCUT2D eigenvalue weighted by molar-refractivity contribution is 5.36. The third-order valence-corrected chi connectivity index (χ3v) is 4.32. The third-order valence-electron chi connectivity index (χ3n) is 4.32. The van der Waals surface area contributed by atoms with Crippen molar-refractivity contribution in [2.75, 3.05) is 6.54 Å². The minimum absolute atomic E-state index is 0.412. The molecule has 1 saturated carbocycles. The lowest BCUT2D eigenvalue weighted by molar-refractivity contribution is 0.141. The highest BCUT2D eigenvalue weighted by Crippen LogP contribution is 2.29. The normalized spacial score (nSPS) is 22.4. The van der Waals surface area contributed by atoms with Gasteiger partial charge >= 0.3 is 0 Å². The molecule has 1 heterocycles. The van der Waals surface area contributed by atoms with Crippen molar-refractivity contribution >= 4 is 0 Å². The molecule has 0 unspecified atom stereocenters. The van der Waals surface area contributed by atoms with Gasteiger partial charge in [0, 0.05) is 19.1 Å². The van der Waals surface area contributed by atoms with Crippen molar-refractivity contribution in [3.8, 4) is 5.75 Å². The van der Waals surface area contributed by atoms with E-state index in [1.54, 1.807) is 0 Å². The second-order valence-electron chi connectivity index (χ2n) is 5.47. The van der Waals surface area contributed by atoms with Gasteiger partial charge in [-0.3, -0.25) is 4.90 Å². The first-order valence-electron chi connectivity index (χ1n) is 6.88. The maximum atomic E-state index is 9.49.